The van der Waals surface area contributed by atoms with Crippen molar-refractivity contribution >= 4 is 17.4 Å². The highest BCUT2D eigenvalue weighted by Gasteiger charge is 2.46. The first-order chi connectivity index (χ1) is 17.0. The molecular formula is C29H27NO5. The molecule has 0 unspecified atom stereocenters. The second-order valence-corrected chi connectivity index (χ2v) is 8.96. The number of fused-ring (bicyclic) bond motifs is 1. The molecule has 6 heteroatoms. The number of ether oxygens (including phenoxy) is 2. The molecule has 3 aromatic carbocycles. The van der Waals surface area contributed by atoms with Gasteiger partial charge in [-0.3, -0.25) is 9.59 Å². The summed E-state index contributed by atoms with van der Waals surface area (Å²) < 4.78 is 11.1. The van der Waals surface area contributed by atoms with Gasteiger partial charge in [0.1, 0.15) is 23.4 Å². The van der Waals surface area contributed by atoms with Crippen molar-refractivity contribution in [2.45, 2.75) is 31.9 Å². The predicted molar refractivity (Wildman–Crippen MR) is 132 cm³/mol. The number of carbonyl (C=O) groups is 2. The Hall–Kier alpha value is -4.06. The molecule has 1 amide bonds. The smallest absolute Gasteiger partial charge is 0.295 e. The molecule has 1 fully saturated rings. The van der Waals surface area contributed by atoms with Gasteiger partial charge >= 0.3 is 0 Å². The Morgan fingerprint density at radius 1 is 1.06 bits per heavy atom. The van der Waals surface area contributed by atoms with Gasteiger partial charge in [0.2, 0.25) is 0 Å². The van der Waals surface area contributed by atoms with E-state index in [0.29, 0.717) is 24.3 Å². The molecule has 6 nitrogen and oxygen atoms in total. The molecular weight excluding hydrogens is 442 g/mol. The molecule has 0 radical (unpaired) electrons. The van der Waals surface area contributed by atoms with Gasteiger partial charge in [-0.05, 0) is 60.4 Å². The van der Waals surface area contributed by atoms with Gasteiger partial charge in [-0.15, -0.1) is 0 Å². The van der Waals surface area contributed by atoms with E-state index in [2.05, 4.69) is 0 Å². The summed E-state index contributed by atoms with van der Waals surface area (Å²) in [6.07, 6.45) is 1.38. The Balaban J connectivity index is 1.57. The summed E-state index contributed by atoms with van der Waals surface area (Å²) in [5.41, 5.74) is 3.37. The summed E-state index contributed by atoms with van der Waals surface area (Å²) in [5, 5.41) is 11.4. The third-order valence-electron chi connectivity index (χ3n) is 6.63. The van der Waals surface area contributed by atoms with Crippen LogP contribution in [0, 0.1) is 0 Å². The Labute approximate surface area is 204 Å². The number of amides is 1. The molecule has 1 N–H and O–H groups in total. The number of aliphatic hydroxyl groups excluding tert-OH is 1. The van der Waals surface area contributed by atoms with Crippen molar-refractivity contribution in [2.75, 3.05) is 13.7 Å². The molecule has 0 aromatic heterocycles. The average molecular weight is 470 g/mol. The maximum absolute atomic E-state index is 13.3. The Bertz CT molecular complexity index is 1300. The third-order valence-corrected chi connectivity index (χ3v) is 6.63. The fourth-order valence-electron chi connectivity index (χ4n) is 4.86. The van der Waals surface area contributed by atoms with Crippen LogP contribution in [0.25, 0.3) is 5.76 Å². The monoisotopic (exact) mass is 469 g/mol. The summed E-state index contributed by atoms with van der Waals surface area (Å²) >= 11 is 0. The van der Waals surface area contributed by atoms with Crippen LogP contribution >= 0.6 is 0 Å². The zero-order valence-electron chi connectivity index (χ0n) is 19.7. The van der Waals surface area contributed by atoms with Gasteiger partial charge < -0.3 is 19.5 Å². The molecule has 2 aliphatic rings. The van der Waals surface area contributed by atoms with Crippen molar-refractivity contribution in [1.29, 1.82) is 0 Å². The normalized spacial score (nSPS) is 20.6. The van der Waals surface area contributed by atoms with E-state index in [1.807, 2.05) is 61.5 Å². The molecule has 3 aromatic rings. The number of benzene rings is 3. The molecule has 5 rings (SSSR count). The van der Waals surface area contributed by atoms with Crippen LogP contribution in [0.1, 0.15) is 35.2 Å². The number of nitrogens with zero attached hydrogens (tertiary/aromatic N) is 1. The fourth-order valence-corrected chi connectivity index (χ4v) is 4.86. The third kappa shape index (κ3) is 4.28. The van der Waals surface area contributed by atoms with Crippen molar-refractivity contribution < 1.29 is 24.2 Å². The zero-order valence-corrected chi connectivity index (χ0v) is 19.7. The molecule has 2 aliphatic heterocycles. The predicted octanol–water partition coefficient (Wildman–Crippen LogP) is 4.68. The highest BCUT2D eigenvalue weighted by atomic mass is 16.5. The summed E-state index contributed by atoms with van der Waals surface area (Å²) in [6.45, 7) is 2.33. The first kappa shape index (κ1) is 22.7. The fraction of sp³-hybridized carbons (Fsp3) is 0.241. The highest BCUT2D eigenvalue weighted by molar-refractivity contribution is 6.46. The zero-order chi connectivity index (χ0) is 24.5. The number of rotatable bonds is 6. The van der Waals surface area contributed by atoms with Gasteiger partial charge in [-0.2, -0.15) is 0 Å². The van der Waals surface area contributed by atoms with Gasteiger partial charge in [0, 0.05) is 18.5 Å². The van der Waals surface area contributed by atoms with E-state index in [4.69, 9.17) is 9.47 Å². The Kier molecular flexibility index (Phi) is 6.03. The quantitative estimate of drug-likeness (QED) is 0.322. The van der Waals surface area contributed by atoms with Gasteiger partial charge in [0.15, 0.2) is 0 Å². The number of aliphatic hydroxyl groups is 1. The summed E-state index contributed by atoms with van der Waals surface area (Å²) in [5.74, 6) is -0.0107. The van der Waals surface area contributed by atoms with E-state index >= 15 is 0 Å². The Morgan fingerprint density at radius 2 is 1.80 bits per heavy atom. The number of likely N-dealkylation sites (tertiary alicyclic amines) is 1. The minimum absolute atomic E-state index is 0.0604. The second-order valence-electron chi connectivity index (χ2n) is 8.96. The topological polar surface area (TPSA) is 76.1 Å². The second kappa shape index (κ2) is 9.29. The molecule has 1 saturated heterocycles. The molecule has 0 bridgehead atoms. The first-order valence-electron chi connectivity index (χ1n) is 11.7. The number of Topliss-reactive ketones (excluding diaryl/α,β-unsaturated/α-hetero) is 1. The number of hydrogen-bond acceptors (Lipinski definition) is 5. The molecule has 35 heavy (non-hydrogen) atoms. The van der Waals surface area contributed by atoms with Crippen molar-refractivity contribution in [3.8, 4) is 11.5 Å². The largest absolute Gasteiger partial charge is 0.507 e. The van der Waals surface area contributed by atoms with E-state index in [1.165, 1.54) is 0 Å². The van der Waals surface area contributed by atoms with Crippen LogP contribution in [0.4, 0.5) is 0 Å². The first-order valence-corrected chi connectivity index (χ1v) is 11.7. The molecule has 0 aliphatic carbocycles. The van der Waals surface area contributed by atoms with Crippen LogP contribution < -0.4 is 9.47 Å². The minimum Gasteiger partial charge on any atom is -0.507 e. The van der Waals surface area contributed by atoms with Crippen LogP contribution in [0.15, 0.2) is 78.4 Å². The lowest BCUT2D eigenvalue weighted by Gasteiger charge is -2.25. The van der Waals surface area contributed by atoms with Crippen LogP contribution in [-0.2, 0) is 22.4 Å². The molecule has 2 atom stereocenters. The van der Waals surface area contributed by atoms with Gasteiger partial charge in [0.25, 0.3) is 11.7 Å². The number of hydrogen-bond donors (Lipinski definition) is 1. The Morgan fingerprint density at radius 3 is 2.51 bits per heavy atom. The van der Waals surface area contributed by atoms with Crippen molar-refractivity contribution in [3.63, 3.8) is 0 Å². The minimum atomic E-state index is -0.701. The average Bonchev–Trinajstić information content (AvgIpc) is 3.38. The maximum atomic E-state index is 13.3. The number of methoxy groups -OCH3 is 1. The molecule has 0 spiro atoms. The van der Waals surface area contributed by atoms with E-state index in [-0.39, 0.29) is 17.4 Å². The summed E-state index contributed by atoms with van der Waals surface area (Å²) in [7, 11) is 1.58. The molecule has 178 valence electrons. The van der Waals surface area contributed by atoms with Crippen LogP contribution in [0.3, 0.4) is 0 Å². The van der Waals surface area contributed by atoms with Crippen molar-refractivity contribution in [3.05, 3.63) is 101 Å². The van der Waals surface area contributed by atoms with Gasteiger partial charge in [-0.25, -0.2) is 0 Å². The number of carbonyl (C=O) groups excluding carboxylic acids is 2. The van der Waals surface area contributed by atoms with E-state index < -0.39 is 17.7 Å². The highest BCUT2D eigenvalue weighted by Crippen LogP contribution is 2.41. The summed E-state index contributed by atoms with van der Waals surface area (Å²) in [4.78, 5) is 28.0. The van der Waals surface area contributed by atoms with E-state index in [0.717, 1.165) is 28.9 Å². The lowest BCUT2D eigenvalue weighted by Crippen LogP contribution is -2.31. The van der Waals surface area contributed by atoms with Gasteiger partial charge in [0.05, 0.1) is 18.7 Å². The van der Waals surface area contributed by atoms with Gasteiger partial charge in [-0.1, -0.05) is 42.5 Å². The summed E-state index contributed by atoms with van der Waals surface area (Å²) in [6, 6.07) is 21.7. The lowest BCUT2D eigenvalue weighted by molar-refractivity contribution is -0.139. The van der Waals surface area contributed by atoms with E-state index in [9.17, 15) is 14.7 Å². The SMILES string of the molecule is COc1ccc([C@@H]2/C(=C(\O)c3ccc4c(c3)C[C@@H](C)O4)C(=O)C(=O)N2CCc2ccccc2)cc1. The molecule has 0 saturated carbocycles. The maximum Gasteiger partial charge on any atom is 0.295 e. The van der Waals surface area contributed by atoms with Crippen LogP contribution in [0.2, 0.25) is 0 Å². The number of ketones is 1. The molecule has 2 heterocycles. The van der Waals surface area contributed by atoms with Crippen LogP contribution in [-0.4, -0.2) is 41.5 Å². The van der Waals surface area contributed by atoms with Crippen LogP contribution in [0.5, 0.6) is 11.5 Å². The standard InChI is InChI=1S/C29H27NO5/c1-18-16-22-17-21(10-13-24(22)35-18)27(31)25-26(20-8-11-23(34-2)12-9-20)30(29(33)28(25)32)15-14-19-6-4-3-5-7-19/h3-13,17-18,26,31H,14-16H2,1-2H3/b27-25+/t18-,26-/m1/s1. The van der Waals surface area contributed by atoms with E-state index in [1.54, 1.807) is 30.2 Å². The lowest BCUT2D eigenvalue weighted by atomic mass is 9.94. The van der Waals surface area contributed by atoms with Crippen molar-refractivity contribution in [2.24, 2.45) is 0 Å². The van der Waals surface area contributed by atoms with Crippen molar-refractivity contribution in [1.82, 2.24) is 4.90 Å².